The first-order valence-corrected chi connectivity index (χ1v) is 7.52. The zero-order chi connectivity index (χ0) is 13.5. The highest BCUT2D eigenvalue weighted by Crippen LogP contribution is 2.21. The Kier molecular flexibility index (Phi) is 5.79. The van der Waals surface area contributed by atoms with E-state index in [1.807, 2.05) is 6.07 Å². The number of pyridine rings is 1. The van der Waals surface area contributed by atoms with Gasteiger partial charge in [0, 0.05) is 30.3 Å². The lowest BCUT2D eigenvalue weighted by molar-refractivity contribution is -0.116. The third-order valence-corrected chi connectivity index (χ3v) is 3.84. The molecule has 0 aromatic carbocycles. The van der Waals surface area contributed by atoms with Crippen LogP contribution in [0.4, 0.5) is 5.82 Å². The van der Waals surface area contributed by atoms with Gasteiger partial charge in [0.2, 0.25) is 5.91 Å². The summed E-state index contributed by atoms with van der Waals surface area (Å²) in [5.41, 5.74) is 0. The Bertz CT molecular complexity index is 420. The summed E-state index contributed by atoms with van der Waals surface area (Å²) in [4.78, 5) is 15.9. The second kappa shape index (κ2) is 7.60. The molecule has 0 bridgehead atoms. The van der Waals surface area contributed by atoms with Crippen molar-refractivity contribution in [1.29, 1.82) is 0 Å². The molecule has 1 aromatic heterocycles. The smallest absolute Gasteiger partial charge is 0.225 e. The van der Waals surface area contributed by atoms with E-state index >= 15 is 0 Å². The second-order valence-corrected chi connectivity index (χ2v) is 5.77. The molecule has 0 saturated carbocycles. The number of anilines is 1. The zero-order valence-electron chi connectivity index (χ0n) is 10.9. The predicted molar refractivity (Wildman–Crippen MR) is 78.0 cm³/mol. The molecule has 0 aliphatic carbocycles. The van der Waals surface area contributed by atoms with Gasteiger partial charge in [-0.1, -0.05) is 15.9 Å². The summed E-state index contributed by atoms with van der Waals surface area (Å²) in [5.74, 6) is 1.37. The number of halogens is 1. The molecule has 1 amide bonds. The predicted octanol–water partition coefficient (Wildman–Crippen LogP) is 3.38. The number of carbonyl (C=O) groups is 1. The van der Waals surface area contributed by atoms with Crippen molar-refractivity contribution in [2.75, 3.05) is 18.5 Å². The SMILES string of the molecule is O=C(CCCC1CCOCC1)Nc1cc(Br)ccn1. The van der Waals surface area contributed by atoms with Gasteiger partial charge in [0.05, 0.1) is 0 Å². The Hall–Kier alpha value is -0.940. The Morgan fingerprint density at radius 1 is 1.47 bits per heavy atom. The molecule has 1 aliphatic heterocycles. The van der Waals surface area contributed by atoms with Crippen LogP contribution in [0, 0.1) is 5.92 Å². The lowest BCUT2D eigenvalue weighted by Crippen LogP contribution is -2.17. The Labute approximate surface area is 122 Å². The Morgan fingerprint density at radius 2 is 2.26 bits per heavy atom. The van der Waals surface area contributed by atoms with E-state index in [1.165, 1.54) is 0 Å². The molecule has 104 valence electrons. The van der Waals surface area contributed by atoms with Crippen molar-refractivity contribution in [3.05, 3.63) is 22.8 Å². The topological polar surface area (TPSA) is 51.2 Å². The van der Waals surface area contributed by atoms with E-state index in [2.05, 4.69) is 26.2 Å². The second-order valence-electron chi connectivity index (χ2n) is 4.86. The van der Waals surface area contributed by atoms with Gasteiger partial charge in [0.15, 0.2) is 0 Å². The first-order chi connectivity index (χ1) is 9.24. The van der Waals surface area contributed by atoms with E-state index in [1.54, 1.807) is 12.3 Å². The molecule has 5 heteroatoms. The normalized spacial score (nSPS) is 16.3. The van der Waals surface area contributed by atoms with Crippen LogP contribution in [0.1, 0.15) is 32.1 Å². The molecule has 1 aromatic rings. The summed E-state index contributed by atoms with van der Waals surface area (Å²) in [6.07, 6.45) is 6.55. The van der Waals surface area contributed by atoms with Gasteiger partial charge >= 0.3 is 0 Å². The minimum Gasteiger partial charge on any atom is -0.381 e. The molecular weight excluding hydrogens is 308 g/mol. The van der Waals surface area contributed by atoms with Crippen LogP contribution >= 0.6 is 15.9 Å². The first kappa shape index (κ1) is 14.5. The summed E-state index contributed by atoms with van der Waals surface area (Å²) < 4.78 is 6.24. The van der Waals surface area contributed by atoms with Crippen molar-refractivity contribution >= 4 is 27.7 Å². The van der Waals surface area contributed by atoms with Gasteiger partial charge in [-0.2, -0.15) is 0 Å². The van der Waals surface area contributed by atoms with Crippen molar-refractivity contribution in [3.63, 3.8) is 0 Å². The molecule has 2 heterocycles. The van der Waals surface area contributed by atoms with E-state index in [-0.39, 0.29) is 5.91 Å². The number of ether oxygens (including phenoxy) is 1. The summed E-state index contributed by atoms with van der Waals surface area (Å²) in [6, 6.07) is 3.64. The number of hydrogen-bond donors (Lipinski definition) is 1. The highest BCUT2D eigenvalue weighted by Gasteiger charge is 2.14. The number of aromatic nitrogens is 1. The molecule has 0 atom stereocenters. The van der Waals surface area contributed by atoms with Crippen LogP contribution < -0.4 is 5.32 Å². The monoisotopic (exact) mass is 326 g/mol. The van der Waals surface area contributed by atoms with Crippen LogP contribution in [0.2, 0.25) is 0 Å². The van der Waals surface area contributed by atoms with Crippen LogP contribution in [0.25, 0.3) is 0 Å². The average molecular weight is 327 g/mol. The van der Waals surface area contributed by atoms with Gasteiger partial charge < -0.3 is 10.1 Å². The fourth-order valence-corrected chi connectivity index (χ4v) is 2.60. The largest absolute Gasteiger partial charge is 0.381 e. The maximum Gasteiger partial charge on any atom is 0.225 e. The molecule has 1 N–H and O–H groups in total. The van der Waals surface area contributed by atoms with Crippen molar-refractivity contribution in [2.24, 2.45) is 5.92 Å². The molecule has 0 spiro atoms. The number of amides is 1. The summed E-state index contributed by atoms with van der Waals surface area (Å²) in [7, 11) is 0. The number of rotatable bonds is 5. The van der Waals surface area contributed by atoms with Gasteiger partial charge in [-0.25, -0.2) is 4.98 Å². The van der Waals surface area contributed by atoms with Gasteiger partial charge in [0.25, 0.3) is 0 Å². The average Bonchev–Trinajstić information content (AvgIpc) is 2.40. The lowest BCUT2D eigenvalue weighted by atomic mass is 9.94. The number of nitrogens with zero attached hydrogens (tertiary/aromatic N) is 1. The first-order valence-electron chi connectivity index (χ1n) is 6.73. The molecule has 19 heavy (non-hydrogen) atoms. The third-order valence-electron chi connectivity index (χ3n) is 3.35. The van der Waals surface area contributed by atoms with E-state index in [4.69, 9.17) is 4.74 Å². The maximum absolute atomic E-state index is 11.8. The molecule has 4 nitrogen and oxygen atoms in total. The van der Waals surface area contributed by atoms with Crippen molar-refractivity contribution in [3.8, 4) is 0 Å². The highest BCUT2D eigenvalue weighted by atomic mass is 79.9. The van der Waals surface area contributed by atoms with Crippen LogP contribution in [-0.4, -0.2) is 24.1 Å². The van der Waals surface area contributed by atoms with Crippen molar-refractivity contribution in [2.45, 2.75) is 32.1 Å². The lowest BCUT2D eigenvalue weighted by Gasteiger charge is -2.21. The van der Waals surface area contributed by atoms with E-state index in [0.29, 0.717) is 12.2 Å². The molecule has 0 radical (unpaired) electrons. The number of hydrogen-bond acceptors (Lipinski definition) is 3. The Morgan fingerprint density at radius 3 is 3.00 bits per heavy atom. The molecule has 0 unspecified atom stereocenters. The molecule has 2 rings (SSSR count). The number of carbonyl (C=O) groups excluding carboxylic acids is 1. The zero-order valence-corrected chi connectivity index (χ0v) is 12.5. The van der Waals surface area contributed by atoms with Gasteiger partial charge in [-0.05, 0) is 43.7 Å². The van der Waals surface area contributed by atoms with Gasteiger partial charge in [0.1, 0.15) is 5.82 Å². The van der Waals surface area contributed by atoms with E-state index < -0.39 is 0 Å². The van der Waals surface area contributed by atoms with E-state index in [9.17, 15) is 4.79 Å². The summed E-state index contributed by atoms with van der Waals surface area (Å²) in [5, 5.41) is 2.82. The standard InChI is InChI=1S/C14H19BrN2O2/c15-12-4-7-16-13(10-12)17-14(18)3-1-2-11-5-8-19-9-6-11/h4,7,10-11H,1-3,5-6,8-9H2,(H,16,17,18). The minimum atomic E-state index is 0.0395. The number of nitrogens with one attached hydrogen (secondary N) is 1. The van der Waals surface area contributed by atoms with Gasteiger partial charge in [-0.15, -0.1) is 0 Å². The summed E-state index contributed by atoms with van der Waals surface area (Å²) >= 11 is 3.35. The highest BCUT2D eigenvalue weighted by molar-refractivity contribution is 9.10. The van der Waals surface area contributed by atoms with E-state index in [0.717, 1.165) is 49.3 Å². The van der Waals surface area contributed by atoms with Crippen molar-refractivity contribution in [1.82, 2.24) is 4.98 Å². The van der Waals surface area contributed by atoms with Gasteiger partial charge in [-0.3, -0.25) is 4.79 Å². The Balaban J connectivity index is 1.67. The molecule has 1 fully saturated rings. The molecule has 1 saturated heterocycles. The van der Waals surface area contributed by atoms with Crippen molar-refractivity contribution < 1.29 is 9.53 Å². The molecular formula is C14H19BrN2O2. The minimum absolute atomic E-state index is 0.0395. The third kappa shape index (κ3) is 5.28. The maximum atomic E-state index is 11.8. The fourth-order valence-electron chi connectivity index (χ4n) is 2.26. The molecule has 1 aliphatic rings. The van der Waals surface area contributed by atoms with Crippen LogP contribution in [0.15, 0.2) is 22.8 Å². The fraction of sp³-hybridized carbons (Fsp3) is 0.571. The quantitative estimate of drug-likeness (QED) is 0.902. The van der Waals surface area contributed by atoms with Crippen LogP contribution in [0.3, 0.4) is 0 Å². The van der Waals surface area contributed by atoms with Crippen LogP contribution in [-0.2, 0) is 9.53 Å². The summed E-state index contributed by atoms with van der Waals surface area (Å²) in [6.45, 7) is 1.75. The van der Waals surface area contributed by atoms with Crippen LogP contribution in [0.5, 0.6) is 0 Å².